The fourth-order valence-electron chi connectivity index (χ4n) is 0.573. The van der Waals surface area contributed by atoms with E-state index >= 15 is 0 Å². The van der Waals surface area contributed by atoms with Crippen LogP contribution in [-0.2, 0) is 14.2 Å². The zero-order valence-corrected chi connectivity index (χ0v) is 5.87. The van der Waals surface area contributed by atoms with E-state index in [0.717, 1.165) is 5.76 Å². The average molecular weight is 142 g/mol. The lowest BCUT2D eigenvalue weighted by Gasteiger charge is -1.98. The van der Waals surface area contributed by atoms with Crippen LogP contribution in [0.3, 0.4) is 0 Å². The van der Waals surface area contributed by atoms with Crippen molar-refractivity contribution in [1.82, 2.24) is 0 Å². The van der Waals surface area contributed by atoms with E-state index in [1.54, 1.807) is 12.5 Å². The minimum atomic E-state index is 0.314. The number of hydrogen-bond donors (Lipinski definition) is 0. The van der Waals surface area contributed by atoms with Gasteiger partial charge in [0.05, 0.1) is 6.26 Å². The van der Waals surface area contributed by atoms with E-state index < -0.39 is 0 Å². The molecule has 3 nitrogen and oxygen atoms in total. The van der Waals surface area contributed by atoms with Crippen molar-refractivity contribution in [2.75, 3.05) is 13.4 Å². The molecule has 1 rings (SSSR count). The lowest BCUT2D eigenvalue weighted by Crippen LogP contribution is -1.93. The van der Waals surface area contributed by atoms with Crippen LogP contribution in [0.2, 0.25) is 0 Å². The summed E-state index contributed by atoms with van der Waals surface area (Å²) in [5.74, 6) is 0.734. The zero-order chi connectivity index (χ0) is 7.23. The third kappa shape index (κ3) is 2.01. The van der Waals surface area contributed by atoms with Gasteiger partial charge in [0.15, 0.2) is 5.76 Å². The van der Waals surface area contributed by atoms with E-state index in [9.17, 15) is 0 Å². The maximum absolute atomic E-state index is 5.01. The fraction of sp³-hybridized carbons (Fsp3) is 0.429. The second-order valence-corrected chi connectivity index (χ2v) is 1.79. The number of rotatable bonds is 3. The number of hydrogen-bond acceptors (Lipinski definition) is 3. The number of ether oxygens (including phenoxy) is 3. The first-order valence-corrected chi connectivity index (χ1v) is 3.09. The maximum Gasteiger partial charge on any atom is 0.230 e. The summed E-state index contributed by atoms with van der Waals surface area (Å²) >= 11 is 0. The van der Waals surface area contributed by atoms with Crippen molar-refractivity contribution in [2.45, 2.75) is 6.92 Å². The van der Waals surface area contributed by atoms with E-state index in [1.165, 1.54) is 0 Å². The van der Waals surface area contributed by atoms with Crippen LogP contribution in [0.1, 0.15) is 6.92 Å². The molecule has 0 saturated heterocycles. The molecule has 1 aliphatic rings. The molecule has 0 amide bonds. The summed E-state index contributed by atoms with van der Waals surface area (Å²) in [6.45, 7) is 2.65. The standard InChI is InChI=1S/C7H10O3/c1-2-3-8-4-7-5-9-6-10-7/h2-3,5H,4,6H2,1H3. The minimum Gasteiger partial charge on any atom is -0.493 e. The summed E-state index contributed by atoms with van der Waals surface area (Å²) in [4.78, 5) is 0. The summed E-state index contributed by atoms with van der Waals surface area (Å²) in [6, 6.07) is 0. The van der Waals surface area contributed by atoms with Crippen LogP contribution in [-0.4, -0.2) is 13.4 Å². The van der Waals surface area contributed by atoms with Gasteiger partial charge < -0.3 is 14.2 Å². The van der Waals surface area contributed by atoms with Gasteiger partial charge in [-0.25, -0.2) is 0 Å². The minimum absolute atomic E-state index is 0.314. The zero-order valence-electron chi connectivity index (χ0n) is 5.87. The molecule has 0 unspecified atom stereocenters. The first-order chi connectivity index (χ1) is 4.93. The highest BCUT2D eigenvalue weighted by molar-refractivity contribution is 4.90. The Morgan fingerprint density at radius 3 is 3.30 bits per heavy atom. The van der Waals surface area contributed by atoms with Crippen LogP contribution in [0, 0.1) is 0 Å². The third-order valence-corrected chi connectivity index (χ3v) is 0.985. The second-order valence-electron chi connectivity index (χ2n) is 1.79. The van der Waals surface area contributed by atoms with E-state index in [1.807, 2.05) is 13.0 Å². The summed E-state index contributed by atoms with van der Waals surface area (Å²) in [5.41, 5.74) is 0. The van der Waals surface area contributed by atoms with E-state index in [-0.39, 0.29) is 0 Å². The van der Waals surface area contributed by atoms with Crippen LogP contribution in [0.5, 0.6) is 0 Å². The molecule has 0 saturated carbocycles. The Kier molecular flexibility index (Phi) is 2.67. The normalized spacial score (nSPS) is 16.3. The Morgan fingerprint density at radius 1 is 1.80 bits per heavy atom. The van der Waals surface area contributed by atoms with E-state index in [0.29, 0.717) is 13.4 Å². The van der Waals surface area contributed by atoms with Crippen molar-refractivity contribution < 1.29 is 14.2 Å². The Morgan fingerprint density at radius 2 is 2.70 bits per heavy atom. The summed E-state index contributed by atoms with van der Waals surface area (Å²) in [5, 5.41) is 0. The summed E-state index contributed by atoms with van der Waals surface area (Å²) in [6.07, 6.45) is 4.99. The monoisotopic (exact) mass is 142 g/mol. The lowest BCUT2D eigenvalue weighted by molar-refractivity contribution is 0.0674. The molecule has 0 aromatic heterocycles. The van der Waals surface area contributed by atoms with Gasteiger partial charge >= 0.3 is 0 Å². The van der Waals surface area contributed by atoms with Crippen molar-refractivity contribution >= 4 is 0 Å². The first-order valence-electron chi connectivity index (χ1n) is 3.09. The van der Waals surface area contributed by atoms with Gasteiger partial charge in [0.1, 0.15) is 12.9 Å². The molecule has 56 valence electrons. The molecule has 0 atom stereocenters. The van der Waals surface area contributed by atoms with Gasteiger partial charge in [-0.05, 0) is 6.92 Å². The quantitative estimate of drug-likeness (QED) is 0.557. The first kappa shape index (κ1) is 6.99. The van der Waals surface area contributed by atoms with Gasteiger partial charge in [-0.3, -0.25) is 0 Å². The molecule has 0 aromatic carbocycles. The van der Waals surface area contributed by atoms with Gasteiger partial charge in [0.25, 0.3) is 0 Å². The Labute approximate surface area is 59.9 Å². The maximum atomic E-state index is 5.01. The van der Waals surface area contributed by atoms with Crippen LogP contribution < -0.4 is 0 Å². The van der Waals surface area contributed by atoms with Crippen LogP contribution in [0.25, 0.3) is 0 Å². The topological polar surface area (TPSA) is 27.7 Å². The second kappa shape index (κ2) is 3.82. The largest absolute Gasteiger partial charge is 0.493 e. The molecular weight excluding hydrogens is 132 g/mol. The molecule has 1 heterocycles. The highest BCUT2D eigenvalue weighted by Crippen LogP contribution is 2.05. The van der Waals surface area contributed by atoms with Crippen molar-refractivity contribution in [1.29, 1.82) is 0 Å². The Hall–Kier alpha value is -1.12. The molecule has 0 aromatic rings. The third-order valence-electron chi connectivity index (χ3n) is 0.985. The average Bonchev–Trinajstić information content (AvgIpc) is 2.41. The molecule has 0 fully saturated rings. The number of allylic oxidation sites excluding steroid dienone is 1. The van der Waals surface area contributed by atoms with Crippen LogP contribution in [0.15, 0.2) is 24.4 Å². The molecular formula is C7H10O3. The smallest absolute Gasteiger partial charge is 0.230 e. The molecule has 1 aliphatic heterocycles. The Balaban J connectivity index is 2.12. The lowest BCUT2D eigenvalue weighted by atomic mass is 10.6. The highest BCUT2D eigenvalue weighted by Gasteiger charge is 2.04. The van der Waals surface area contributed by atoms with Crippen molar-refractivity contribution in [3.63, 3.8) is 0 Å². The van der Waals surface area contributed by atoms with Crippen molar-refractivity contribution in [2.24, 2.45) is 0 Å². The molecule has 0 N–H and O–H groups in total. The fourth-order valence-corrected chi connectivity index (χ4v) is 0.573. The van der Waals surface area contributed by atoms with Crippen molar-refractivity contribution in [3.8, 4) is 0 Å². The SMILES string of the molecule is CC=COCC1=COCO1. The van der Waals surface area contributed by atoms with Gasteiger partial charge in [-0.2, -0.15) is 0 Å². The summed E-state index contributed by atoms with van der Waals surface area (Å²) < 4.78 is 14.8. The summed E-state index contributed by atoms with van der Waals surface area (Å²) in [7, 11) is 0. The van der Waals surface area contributed by atoms with Crippen molar-refractivity contribution in [3.05, 3.63) is 24.4 Å². The van der Waals surface area contributed by atoms with E-state index in [4.69, 9.17) is 14.2 Å². The predicted octanol–water partition coefficient (Wildman–Crippen LogP) is 1.38. The van der Waals surface area contributed by atoms with E-state index in [2.05, 4.69) is 0 Å². The molecule has 0 bridgehead atoms. The van der Waals surface area contributed by atoms with Crippen LogP contribution >= 0.6 is 0 Å². The Bertz CT molecular complexity index is 149. The van der Waals surface area contributed by atoms with Gasteiger partial charge in [-0.1, -0.05) is 6.08 Å². The molecule has 0 radical (unpaired) electrons. The van der Waals surface area contributed by atoms with Crippen LogP contribution in [0.4, 0.5) is 0 Å². The molecule has 0 spiro atoms. The predicted molar refractivity (Wildman–Crippen MR) is 35.9 cm³/mol. The highest BCUT2D eigenvalue weighted by atomic mass is 16.7. The van der Waals surface area contributed by atoms with Gasteiger partial charge in [-0.15, -0.1) is 0 Å². The molecule has 0 aliphatic carbocycles. The molecule has 10 heavy (non-hydrogen) atoms. The van der Waals surface area contributed by atoms with Gasteiger partial charge in [0, 0.05) is 0 Å². The van der Waals surface area contributed by atoms with Gasteiger partial charge in [0.2, 0.25) is 6.79 Å². The molecule has 3 heteroatoms.